The van der Waals surface area contributed by atoms with Gasteiger partial charge in [-0.3, -0.25) is 9.59 Å². The summed E-state index contributed by atoms with van der Waals surface area (Å²) in [6.45, 7) is 1.96. The molecule has 4 nitrogen and oxygen atoms in total. The van der Waals surface area contributed by atoms with Gasteiger partial charge < -0.3 is 10.1 Å². The molecule has 0 aliphatic carbocycles. The standard InChI is InChI=1S/C18H18ClNO3S/c1-2-23-18(22)16(12-13-6-4-3-5-7-13)17(21)20-14-8-10-15(24-19)11-9-14/h3-11,16H,2,12H2,1H3,(H,20,21). The lowest BCUT2D eigenvalue weighted by Crippen LogP contribution is -2.33. The van der Waals surface area contributed by atoms with E-state index in [1.54, 1.807) is 31.2 Å². The number of hydrogen-bond acceptors (Lipinski definition) is 4. The number of amides is 1. The van der Waals surface area contributed by atoms with Gasteiger partial charge in [-0.25, -0.2) is 0 Å². The number of anilines is 1. The van der Waals surface area contributed by atoms with Gasteiger partial charge in [0.05, 0.1) is 6.61 Å². The topological polar surface area (TPSA) is 55.4 Å². The fourth-order valence-corrected chi connectivity index (χ4v) is 2.74. The van der Waals surface area contributed by atoms with Gasteiger partial charge in [-0.15, -0.1) is 0 Å². The average molecular weight is 364 g/mol. The molecule has 2 aromatic carbocycles. The molecule has 2 aromatic rings. The first kappa shape index (κ1) is 18.4. The van der Waals surface area contributed by atoms with Gasteiger partial charge in [-0.1, -0.05) is 30.3 Å². The molecular formula is C18H18ClNO3S. The molecule has 0 fully saturated rings. The van der Waals surface area contributed by atoms with Crippen LogP contribution in [-0.4, -0.2) is 18.5 Å². The molecule has 1 N–H and O–H groups in total. The highest BCUT2D eigenvalue weighted by molar-refractivity contribution is 8.21. The molecule has 0 spiro atoms. The van der Waals surface area contributed by atoms with Gasteiger partial charge in [0.2, 0.25) is 5.91 Å². The number of esters is 1. The van der Waals surface area contributed by atoms with Gasteiger partial charge in [0, 0.05) is 10.6 Å². The lowest BCUT2D eigenvalue weighted by molar-refractivity contribution is -0.150. The fourth-order valence-electron chi connectivity index (χ4n) is 2.19. The van der Waals surface area contributed by atoms with Crippen molar-refractivity contribution in [3.8, 4) is 0 Å². The second-order valence-electron chi connectivity index (χ2n) is 5.09. The normalized spacial score (nSPS) is 11.6. The van der Waals surface area contributed by atoms with Crippen molar-refractivity contribution in [1.29, 1.82) is 0 Å². The van der Waals surface area contributed by atoms with Crippen LogP contribution >= 0.6 is 21.7 Å². The summed E-state index contributed by atoms with van der Waals surface area (Å²) in [4.78, 5) is 25.6. The first-order valence-corrected chi connectivity index (χ1v) is 9.18. The van der Waals surface area contributed by atoms with Crippen molar-refractivity contribution in [2.24, 2.45) is 5.92 Å². The van der Waals surface area contributed by atoms with Gasteiger partial charge in [0.15, 0.2) is 0 Å². The Morgan fingerprint density at radius 3 is 2.38 bits per heavy atom. The van der Waals surface area contributed by atoms with E-state index in [1.165, 1.54) is 0 Å². The first-order chi connectivity index (χ1) is 11.6. The third-order valence-electron chi connectivity index (χ3n) is 3.38. The van der Waals surface area contributed by atoms with Crippen LogP contribution in [0.25, 0.3) is 0 Å². The smallest absolute Gasteiger partial charge is 0.318 e. The zero-order valence-electron chi connectivity index (χ0n) is 13.2. The Labute approximate surface area is 150 Å². The van der Waals surface area contributed by atoms with Crippen LogP contribution in [-0.2, 0) is 20.7 Å². The highest BCUT2D eigenvalue weighted by Crippen LogP contribution is 2.23. The number of nitrogens with one attached hydrogen (secondary N) is 1. The number of carbonyl (C=O) groups excluding carboxylic acids is 2. The highest BCUT2D eigenvalue weighted by atomic mass is 35.7. The van der Waals surface area contributed by atoms with E-state index in [2.05, 4.69) is 5.32 Å². The minimum absolute atomic E-state index is 0.235. The highest BCUT2D eigenvalue weighted by Gasteiger charge is 2.28. The zero-order valence-corrected chi connectivity index (χ0v) is 14.8. The Morgan fingerprint density at radius 1 is 1.12 bits per heavy atom. The lowest BCUT2D eigenvalue weighted by Gasteiger charge is -2.16. The largest absolute Gasteiger partial charge is 0.465 e. The molecule has 126 valence electrons. The molecule has 2 rings (SSSR count). The van der Waals surface area contributed by atoms with Crippen LogP contribution in [0.3, 0.4) is 0 Å². The summed E-state index contributed by atoms with van der Waals surface area (Å²) >= 11 is 0. The molecule has 1 unspecified atom stereocenters. The average Bonchev–Trinajstić information content (AvgIpc) is 2.61. The van der Waals surface area contributed by atoms with Gasteiger partial charge >= 0.3 is 5.97 Å². The maximum atomic E-state index is 12.5. The quantitative estimate of drug-likeness (QED) is 0.588. The van der Waals surface area contributed by atoms with E-state index in [-0.39, 0.29) is 12.5 Å². The minimum atomic E-state index is -0.894. The molecule has 24 heavy (non-hydrogen) atoms. The van der Waals surface area contributed by atoms with Gasteiger partial charge in [0.1, 0.15) is 5.92 Å². The fraction of sp³-hybridized carbons (Fsp3) is 0.222. The van der Waals surface area contributed by atoms with E-state index in [0.29, 0.717) is 12.1 Å². The second-order valence-corrected chi connectivity index (χ2v) is 6.17. The molecule has 0 aliphatic heterocycles. The van der Waals surface area contributed by atoms with Crippen LogP contribution in [0, 0.1) is 5.92 Å². The van der Waals surface area contributed by atoms with E-state index in [0.717, 1.165) is 21.4 Å². The molecule has 0 bridgehead atoms. The Morgan fingerprint density at radius 2 is 1.79 bits per heavy atom. The monoisotopic (exact) mass is 363 g/mol. The number of halogens is 1. The molecule has 0 aliphatic rings. The van der Waals surface area contributed by atoms with Crippen molar-refractivity contribution >= 4 is 39.2 Å². The second kappa shape index (κ2) is 9.35. The molecule has 1 atom stereocenters. The summed E-state index contributed by atoms with van der Waals surface area (Å²) in [6, 6.07) is 16.5. The van der Waals surface area contributed by atoms with E-state index in [1.807, 2.05) is 30.3 Å². The predicted molar refractivity (Wildman–Crippen MR) is 97.1 cm³/mol. The predicted octanol–water partition coefficient (Wildman–Crippen LogP) is 4.29. The van der Waals surface area contributed by atoms with Crippen molar-refractivity contribution in [2.45, 2.75) is 18.2 Å². The van der Waals surface area contributed by atoms with Crippen molar-refractivity contribution < 1.29 is 14.3 Å². The first-order valence-electron chi connectivity index (χ1n) is 7.54. The van der Waals surface area contributed by atoms with Crippen LogP contribution in [0.5, 0.6) is 0 Å². The van der Waals surface area contributed by atoms with E-state index in [4.69, 9.17) is 15.4 Å². The third kappa shape index (κ3) is 5.28. The van der Waals surface area contributed by atoms with Crippen molar-refractivity contribution in [1.82, 2.24) is 0 Å². The van der Waals surface area contributed by atoms with Crippen molar-refractivity contribution in [3.05, 3.63) is 60.2 Å². The molecule has 0 saturated heterocycles. The van der Waals surface area contributed by atoms with Crippen molar-refractivity contribution in [3.63, 3.8) is 0 Å². The molecule has 0 heterocycles. The van der Waals surface area contributed by atoms with E-state index < -0.39 is 11.9 Å². The molecule has 0 aromatic heterocycles. The van der Waals surface area contributed by atoms with Gasteiger partial charge in [-0.05, 0) is 64.8 Å². The molecule has 0 saturated carbocycles. The summed E-state index contributed by atoms with van der Waals surface area (Å²) in [5.74, 6) is -1.80. The van der Waals surface area contributed by atoms with Crippen LogP contribution in [0.4, 0.5) is 5.69 Å². The number of benzene rings is 2. The van der Waals surface area contributed by atoms with Crippen molar-refractivity contribution in [2.75, 3.05) is 11.9 Å². The number of rotatable bonds is 7. The Kier molecular flexibility index (Phi) is 7.15. The maximum absolute atomic E-state index is 12.5. The molecular weight excluding hydrogens is 346 g/mol. The summed E-state index contributed by atoms with van der Waals surface area (Å²) in [5.41, 5.74) is 1.51. The Bertz CT molecular complexity index is 676. The maximum Gasteiger partial charge on any atom is 0.318 e. The minimum Gasteiger partial charge on any atom is -0.465 e. The zero-order chi connectivity index (χ0) is 17.4. The number of carbonyl (C=O) groups is 2. The Balaban J connectivity index is 2.12. The number of hydrogen-bond donors (Lipinski definition) is 1. The van der Waals surface area contributed by atoms with Crippen LogP contribution < -0.4 is 5.32 Å². The summed E-state index contributed by atoms with van der Waals surface area (Å²) in [5, 5.41) is 2.76. The van der Waals surface area contributed by atoms with Gasteiger partial charge in [-0.2, -0.15) is 0 Å². The van der Waals surface area contributed by atoms with Crippen LogP contribution in [0.2, 0.25) is 0 Å². The molecule has 1 amide bonds. The summed E-state index contributed by atoms with van der Waals surface area (Å²) < 4.78 is 5.05. The van der Waals surface area contributed by atoms with Crippen LogP contribution in [0.1, 0.15) is 12.5 Å². The SMILES string of the molecule is CCOC(=O)C(Cc1ccccc1)C(=O)Nc1ccc(SCl)cc1. The van der Waals surface area contributed by atoms with Crippen LogP contribution in [0.15, 0.2) is 59.5 Å². The molecule has 0 radical (unpaired) electrons. The van der Waals surface area contributed by atoms with E-state index >= 15 is 0 Å². The van der Waals surface area contributed by atoms with E-state index in [9.17, 15) is 9.59 Å². The number of ether oxygens (including phenoxy) is 1. The lowest BCUT2D eigenvalue weighted by atomic mass is 9.98. The Hall–Kier alpha value is -1.98. The summed E-state index contributed by atoms with van der Waals surface area (Å²) in [7, 11) is 6.77. The summed E-state index contributed by atoms with van der Waals surface area (Å²) in [6.07, 6.45) is 0.293. The third-order valence-corrected chi connectivity index (χ3v) is 4.37. The molecule has 6 heteroatoms. The van der Waals surface area contributed by atoms with Gasteiger partial charge in [0.25, 0.3) is 0 Å².